The van der Waals surface area contributed by atoms with E-state index in [4.69, 9.17) is 0 Å². The fourth-order valence-corrected chi connectivity index (χ4v) is 3.82. The molecule has 0 aromatic carbocycles. The van der Waals surface area contributed by atoms with Gasteiger partial charge in [0.05, 0.1) is 6.54 Å². The standard InChI is InChI=1S/C10H13BrN2OS2/c11-8-1-4-16-9(8)7-12-10(14)13-2-5-15-6-3-13/h1,4H,2-3,5-7H2,(H,12,14). The van der Waals surface area contributed by atoms with Gasteiger partial charge in [0.15, 0.2) is 0 Å². The molecule has 3 nitrogen and oxygen atoms in total. The van der Waals surface area contributed by atoms with Crippen molar-refractivity contribution in [3.8, 4) is 0 Å². The Morgan fingerprint density at radius 2 is 2.25 bits per heavy atom. The van der Waals surface area contributed by atoms with Crippen molar-refractivity contribution < 1.29 is 4.79 Å². The highest BCUT2D eigenvalue weighted by Gasteiger charge is 2.16. The molecule has 0 aliphatic carbocycles. The quantitative estimate of drug-likeness (QED) is 0.908. The van der Waals surface area contributed by atoms with Crippen LogP contribution in [0.3, 0.4) is 0 Å². The van der Waals surface area contributed by atoms with Gasteiger partial charge in [-0.05, 0) is 27.4 Å². The zero-order valence-corrected chi connectivity index (χ0v) is 12.0. The fourth-order valence-electron chi connectivity index (χ4n) is 1.49. The molecule has 0 bridgehead atoms. The Hall–Kier alpha value is -0.200. The third-order valence-corrected chi connectivity index (χ3v) is 5.26. The van der Waals surface area contributed by atoms with E-state index in [1.54, 1.807) is 11.3 Å². The first kappa shape index (κ1) is 12.3. The minimum absolute atomic E-state index is 0.0561. The van der Waals surface area contributed by atoms with Crippen LogP contribution in [-0.4, -0.2) is 35.5 Å². The molecule has 1 N–H and O–H groups in total. The Labute approximate surface area is 112 Å². The normalized spacial score (nSPS) is 16.2. The molecule has 0 atom stereocenters. The van der Waals surface area contributed by atoms with Gasteiger partial charge in [-0.1, -0.05) is 0 Å². The summed E-state index contributed by atoms with van der Waals surface area (Å²) in [6.07, 6.45) is 0. The third kappa shape index (κ3) is 3.15. The van der Waals surface area contributed by atoms with Gasteiger partial charge in [0.2, 0.25) is 0 Å². The van der Waals surface area contributed by atoms with E-state index >= 15 is 0 Å². The maximum Gasteiger partial charge on any atom is 0.317 e. The van der Waals surface area contributed by atoms with Crippen molar-refractivity contribution in [1.82, 2.24) is 10.2 Å². The molecule has 0 spiro atoms. The SMILES string of the molecule is O=C(NCc1sccc1Br)N1CCSCC1. The topological polar surface area (TPSA) is 32.3 Å². The van der Waals surface area contributed by atoms with Gasteiger partial charge in [-0.3, -0.25) is 0 Å². The molecule has 1 fully saturated rings. The van der Waals surface area contributed by atoms with Gasteiger partial charge in [-0.15, -0.1) is 11.3 Å². The molecule has 88 valence electrons. The van der Waals surface area contributed by atoms with Crippen LogP contribution in [0.4, 0.5) is 4.79 Å². The maximum atomic E-state index is 11.8. The van der Waals surface area contributed by atoms with Gasteiger partial charge >= 0.3 is 6.03 Å². The molecule has 1 aromatic heterocycles. The second-order valence-electron chi connectivity index (χ2n) is 3.45. The van der Waals surface area contributed by atoms with Crippen LogP contribution in [0.5, 0.6) is 0 Å². The van der Waals surface area contributed by atoms with Gasteiger partial charge in [0, 0.05) is 33.9 Å². The van der Waals surface area contributed by atoms with Gasteiger partial charge in [0.1, 0.15) is 0 Å². The van der Waals surface area contributed by atoms with E-state index in [1.165, 1.54) is 4.88 Å². The third-order valence-electron chi connectivity index (χ3n) is 2.39. The van der Waals surface area contributed by atoms with E-state index in [2.05, 4.69) is 21.2 Å². The van der Waals surface area contributed by atoms with Crippen LogP contribution in [0.15, 0.2) is 15.9 Å². The van der Waals surface area contributed by atoms with Crippen molar-refractivity contribution in [1.29, 1.82) is 0 Å². The Morgan fingerprint density at radius 1 is 1.50 bits per heavy atom. The fraction of sp³-hybridized carbons (Fsp3) is 0.500. The molecule has 0 saturated carbocycles. The molecule has 2 amide bonds. The van der Waals surface area contributed by atoms with E-state index < -0.39 is 0 Å². The van der Waals surface area contributed by atoms with Crippen LogP contribution in [0.25, 0.3) is 0 Å². The number of rotatable bonds is 2. The summed E-state index contributed by atoms with van der Waals surface area (Å²) in [5.74, 6) is 2.10. The van der Waals surface area contributed by atoms with E-state index in [1.807, 2.05) is 28.1 Å². The number of amides is 2. The average Bonchev–Trinajstić information content (AvgIpc) is 2.73. The molecule has 1 aliphatic rings. The zero-order chi connectivity index (χ0) is 11.4. The van der Waals surface area contributed by atoms with Gasteiger partial charge < -0.3 is 10.2 Å². The number of halogens is 1. The van der Waals surface area contributed by atoms with Crippen molar-refractivity contribution >= 4 is 45.1 Å². The first-order valence-electron chi connectivity index (χ1n) is 5.10. The Kier molecular flexibility index (Phi) is 4.55. The smallest absolute Gasteiger partial charge is 0.317 e. The number of thiophene rings is 1. The van der Waals surface area contributed by atoms with Crippen molar-refractivity contribution in [2.24, 2.45) is 0 Å². The van der Waals surface area contributed by atoms with E-state index in [9.17, 15) is 4.79 Å². The highest BCUT2D eigenvalue weighted by molar-refractivity contribution is 9.10. The van der Waals surface area contributed by atoms with Crippen LogP contribution < -0.4 is 5.32 Å². The number of hydrogen-bond donors (Lipinski definition) is 1. The largest absolute Gasteiger partial charge is 0.333 e. The molecular weight excluding hydrogens is 308 g/mol. The van der Waals surface area contributed by atoms with Gasteiger partial charge in [0.25, 0.3) is 0 Å². The van der Waals surface area contributed by atoms with Crippen LogP contribution in [-0.2, 0) is 6.54 Å². The number of carbonyl (C=O) groups excluding carboxylic acids is 1. The molecule has 6 heteroatoms. The summed E-state index contributed by atoms with van der Waals surface area (Å²) < 4.78 is 1.08. The number of nitrogens with one attached hydrogen (secondary N) is 1. The summed E-state index contributed by atoms with van der Waals surface area (Å²) >= 11 is 7.02. The van der Waals surface area contributed by atoms with Crippen molar-refractivity contribution in [2.75, 3.05) is 24.6 Å². The van der Waals surface area contributed by atoms with Crippen LogP contribution in [0.2, 0.25) is 0 Å². The molecule has 2 heterocycles. The maximum absolute atomic E-state index is 11.8. The second-order valence-corrected chi connectivity index (χ2v) is 6.53. The first-order chi connectivity index (χ1) is 7.77. The zero-order valence-electron chi connectivity index (χ0n) is 8.74. The Balaban J connectivity index is 1.81. The number of thioether (sulfide) groups is 1. The van der Waals surface area contributed by atoms with E-state index in [0.717, 1.165) is 29.1 Å². The highest BCUT2D eigenvalue weighted by Crippen LogP contribution is 2.22. The van der Waals surface area contributed by atoms with Crippen LogP contribution >= 0.6 is 39.0 Å². The van der Waals surface area contributed by atoms with Crippen LogP contribution in [0, 0.1) is 0 Å². The molecule has 1 aromatic rings. The lowest BCUT2D eigenvalue weighted by Crippen LogP contribution is -2.43. The minimum Gasteiger partial charge on any atom is -0.333 e. The molecule has 2 rings (SSSR count). The highest BCUT2D eigenvalue weighted by atomic mass is 79.9. The number of nitrogens with zero attached hydrogens (tertiary/aromatic N) is 1. The average molecular weight is 321 g/mol. The second kappa shape index (κ2) is 5.93. The van der Waals surface area contributed by atoms with E-state index in [-0.39, 0.29) is 6.03 Å². The molecule has 0 unspecified atom stereocenters. The lowest BCUT2D eigenvalue weighted by atomic mass is 10.4. The first-order valence-corrected chi connectivity index (χ1v) is 7.92. The van der Waals surface area contributed by atoms with Crippen LogP contribution in [0.1, 0.15) is 4.88 Å². The predicted octanol–water partition coefficient (Wildman–Crippen LogP) is 2.77. The van der Waals surface area contributed by atoms with Crippen molar-refractivity contribution in [3.63, 3.8) is 0 Å². The predicted molar refractivity (Wildman–Crippen MR) is 73.2 cm³/mol. The molecule has 1 saturated heterocycles. The van der Waals surface area contributed by atoms with Gasteiger partial charge in [-0.2, -0.15) is 11.8 Å². The van der Waals surface area contributed by atoms with Gasteiger partial charge in [-0.25, -0.2) is 4.79 Å². The molecule has 0 radical (unpaired) electrons. The summed E-state index contributed by atoms with van der Waals surface area (Å²) in [6.45, 7) is 2.34. The number of urea groups is 1. The van der Waals surface area contributed by atoms with E-state index in [0.29, 0.717) is 6.54 Å². The van der Waals surface area contributed by atoms with Crippen molar-refractivity contribution in [2.45, 2.75) is 6.54 Å². The Bertz CT molecular complexity index is 363. The Morgan fingerprint density at radius 3 is 2.88 bits per heavy atom. The summed E-state index contributed by atoms with van der Waals surface area (Å²) in [6, 6.07) is 2.06. The summed E-state index contributed by atoms with van der Waals surface area (Å²) in [5, 5.41) is 4.97. The lowest BCUT2D eigenvalue weighted by molar-refractivity contribution is 0.202. The van der Waals surface area contributed by atoms with Crippen molar-refractivity contribution in [3.05, 3.63) is 20.8 Å². The minimum atomic E-state index is 0.0561. The monoisotopic (exact) mass is 320 g/mol. The number of hydrogen-bond acceptors (Lipinski definition) is 3. The summed E-state index contributed by atoms with van der Waals surface area (Å²) in [5.41, 5.74) is 0. The molecule has 16 heavy (non-hydrogen) atoms. The molecule has 1 aliphatic heterocycles. The summed E-state index contributed by atoms with van der Waals surface area (Å²) in [4.78, 5) is 14.9. The number of carbonyl (C=O) groups is 1. The summed E-state index contributed by atoms with van der Waals surface area (Å²) in [7, 11) is 0. The molecular formula is C10H13BrN2OS2. The lowest BCUT2D eigenvalue weighted by Gasteiger charge is -2.26.